The van der Waals surface area contributed by atoms with Gasteiger partial charge in [-0.3, -0.25) is 9.48 Å². The maximum absolute atomic E-state index is 13.6. The molecule has 0 aromatic carbocycles. The van der Waals surface area contributed by atoms with Gasteiger partial charge in [-0.1, -0.05) is 12.2 Å². The van der Waals surface area contributed by atoms with Gasteiger partial charge >= 0.3 is 0 Å². The average molecular weight is 323 g/mol. The Morgan fingerprint density at radius 3 is 3.05 bits per heavy atom. The Morgan fingerprint density at radius 1 is 1.50 bits per heavy atom. The van der Waals surface area contributed by atoms with Crippen molar-refractivity contribution in [2.45, 2.75) is 18.3 Å². The van der Waals surface area contributed by atoms with Gasteiger partial charge in [0, 0.05) is 25.6 Å². The van der Waals surface area contributed by atoms with Crippen molar-refractivity contribution in [2.24, 2.45) is 0 Å². The van der Waals surface area contributed by atoms with E-state index >= 15 is 0 Å². The lowest BCUT2D eigenvalue weighted by Crippen LogP contribution is -2.38. The molecule has 3 rings (SSSR count). The number of allylic oxidation sites excluding steroid dienone is 6. The molecule has 0 saturated heterocycles. The van der Waals surface area contributed by atoms with Gasteiger partial charge in [0.1, 0.15) is 17.3 Å². The number of carbonyl (C=O) groups is 1. The average Bonchev–Trinajstić information content (AvgIpc) is 2.69. The minimum absolute atomic E-state index is 0.127. The smallest absolute Gasteiger partial charge is 0.272 e. The van der Waals surface area contributed by atoms with Gasteiger partial charge in [0.25, 0.3) is 5.91 Å². The predicted molar refractivity (Wildman–Crippen MR) is 83.4 cm³/mol. The summed E-state index contributed by atoms with van der Waals surface area (Å²) in [6.07, 6.45) is 6.29. The van der Waals surface area contributed by atoms with E-state index < -0.39 is 5.38 Å². The molecule has 22 heavy (non-hydrogen) atoms. The molecular weight excluding hydrogens is 307 g/mol. The molecular formula is C15H16ClFN4O. The van der Waals surface area contributed by atoms with Crippen LogP contribution in [0.4, 0.5) is 10.2 Å². The minimum atomic E-state index is -0.448. The summed E-state index contributed by atoms with van der Waals surface area (Å²) < 4.78 is 15.2. The first-order valence-electron chi connectivity index (χ1n) is 6.96. The maximum atomic E-state index is 13.6. The highest BCUT2D eigenvalue weighted by atomic mass is 35.5. The Bertz CT molecular complexity index is 719. The molecule has 0 bridgehead atoms. The van der Waals surface area contributed by atoms with Crippen LogP contribution in [0.15, 0.2) is 35.7 Å². The molecule has 0 fully saturated rings. The summed E-state index contributed by atoms with van der Waals surface area (Å²) in [5, 5.41) is 3.77. The number of halogens is 2. The third-order valence-corrected chi connectivity index (χ3v) is 4.30. The summed E-state index contributed by atoms with van der Waals surface area (Å²) >= 11 is 6.25. The number of carbonyl (C=O) groups excluding carboxylic acids is 1. The molecule has 2 N–H and O–H groups in total. The number of anilines is 1. The highest BCUT2D eigenvalue weighted by molar-refractivity contribution is 6.23. The number of aromatic nitrogens is 2. The molecule has 1 aromatic heterocycles. The van der Waals surface area contributed by atoms with Crippen LogP contribution in [0.3, 0.4) is 0 Å². The van der Waals surface area contributed by atoms with Crippen molar-refractivity contribution in [2.75, 3.05) is 19.3 Å². The molecule has 1 aliphatic heterocycles. The molecule has 1 atom stereocenters. The molecule has 2 heterocycles. The fraction of sp³-hybridized carbons (Fsp3) is 0.333. The van der Waals surface area contributed by atoms with Gasteiger partial charge in [-0.15, -0.1) is 11.6 Å². The largest absolute Gasteiger partial charge is 0.382 e. The third kappa shape index (κ3) is 2.54. The second-order valence-corrected chi connectivity index (χ2v) is 5.87. The first-order chi connectivity index (χ1) is 10.5. The lowest BCUT2D eigenvalue weighted by atomic mass is 10.0. The van der Waals surface area contributed by atoms with Crippen molar-refractivity contribution in [1.29, 1.82) is 0 Å². The van der Waals surface area contributed by atoms with Crippen molar-refractivity contribution in [1.82, 2.24) is 14.7 Å². The highest BCUT2D eigenvalue weighted by Crippen LogP contribution is 2.28. The molecule has 1 amide bonds. The van der Waals surface area contributed by atoms with Crippen LogP contribution < -0.4 is 5.73 Å². The number of nitrogens with two attached hydrogens (primary N) is 1. The SMILES string of the molecule is CN1CCn2nc(N)c(CC3=CC(F)=CC=CC3Cl)c2C1=O. The first kappa shape index (κ1) is 14.8. The molecule has 116 valence electrons. The van der Waals surface area contributed by atoms with Crippen molar-refractivity contribution in [3.8, 4) is 0 Å². The molecule has 0 saturated carbocycles. The van der Waals surface area contributed by atoms with E-state index in [1.165, 1.54) is 12.2 Å². The van der Waals surface area contributed by atoms with Crippen LogP contribution >= 0.6 is 11.6 Å². The van der Waals surface area contributed by atoms with Gasteiger partial charge in [0.2, 0.25) is 0 Å². The zero-order valence-corrected chi connectivity index (χ0v) is 12.8. The van der Waals surface area contributed by atoms with Crippen molar-refractivity contribution < 1.29 is 9.18 Å². The van der Waals surface area contributed by atoms with Gasteiger partial charge in [0.15, 0.2) is 0 Å². The number of fused-ring (bicyclic) bond motifs is 1. The minimum Gasteiger partial charge on any atom is -0.382 e. The zero-order chi connectivity index (χ0) is 15.9. The monoisotopic (exact) mass is 322 g/mol. The Balaban J connectivity index is 2.00. The molecule has 2 aliphatic rings. The van der Waals surface area contributed by atoms with E-state index in [0.717, 1.165) is 0 Å². The third-order valence-electron chi connectivity index (χ3n) is 3.87. The van der Waals surface area contributed by atoms with Crippen LogP contribution in [0, 0.1) is 0 Å². The Labute approximate surface area is 132 Å². The number of hydrogen-bond acceptors (Lipinski definition) is 3. The number of likely N-dealkylation sites (N-methyl/N-ethyl adjacent to an activating group) is 1. The van der Waals surface area contributed by atoms with Crippen molar-refractivity contribution in [3.05, 3.63) is 47.0 Å². The van der Waals surface area contributed by atoms with Crippen molar-refractivity contribution in [3.63, 3.8) is 0 Å². The molecule has 1 unspecified atom stereocenters. The Hall–Kier alpha value is -2.08. The van der Waals surface area contributed by atoms with E-state index in [1.54, 1.807) is 28.8 Å². The number of hydrogen-bond donors (Lipinski definition) is 1. The molecule has 1 aliphatic carbocycles. The van der Waals surface area contributed by atoms with Gasteiger partial charge in [-0.25, -0.2) is 4.39 Å². The molecule has 1 aromatic rings. The van der Waals surface area contributed by atoms with Gasteiger partial charge < -0.3 is 10.6 Å². The van der Waals surface area contributed by atoms with Gasteiger partial charge in [0.05, 0.1) is 11.9 Å². The number of alkyl halides is 1. The standard InChI is InChI=1S/C15H16ClFN4O/c1-20-5-6-21-13(15(20)22)11(14(18)19-21)8-9-7-10(17)3-2-4-12(9)16/h2-4,7,12H,5-6,8H2,1H3,(H2,18,19). The maximum Gasteiger partial charge on any atom is 0.272 e. The highest BCUT2D eigenvalue weighted by Gasteiger charge is 2.29. The molecule has 0 spiro atoms. The van der Waals surface area contributed by atoms with Crippen LogP contribution in [0.1, 0.15) is 16.1 Å². The first-order valence-corrected chi connectivity index (χ1v) is 7.40. The topological polar surface area (TPSA) is 64.2 Å². The van der Waals surface area contributed by atoms with Crippen LogP contribution in [-0.4, -0.2) is 39.6 Å². The Kier molecular flexibility index (Phi) is 3.78. The lowest BCUT2D eigenvalue weighted by molar-refractivity contribution is 0.0741. The summed E-state index contributed by atoms with van der Waals surface area (Å²) in [5.74, 6) is -0.212. The van der Waals surface area contributed by atoms with E-state index in [9.17, 15) is 9.18 Å². The second-order valence-electron chi connectivity index (χ2n) is 5.40. The fourth-order valence-corrected chi connectivity index (χ4v) is 2.87. The summed E-state index contributed by atoms with van der Waals surface area (Å²) in [5.41, 5.74) is 7.69. The lowest BCUT2D eigenvalue weighted by Gasteiger charge is -2.24. The summed E-state index contributed by atoms with van der Waals surface area (Å²) in [7, 11) is 1.74. The number of nitrogens with zero attached hydrogens (tertiary/aromatic N) is 3. The van der Waals surface area contributed by atoms with E-state index in [2.05, 4.69) is 5.10 Å². The normalized spacial score (nSPS) is 21.3. The molecule has 7 heteroatoms. The quantitative estimate of drug-likeness (QED) is 0.848. The van der Waals surface area contributed by atoms with Crippen molar-refractivity contribution >= 4 is 23.3 Å². The summed E-state index contributed by atoms with van der Waals surface area (Å²) in [6.45, 7) is 1.19. The van der Waals surface area contributed by atoms with Crippen LogP contribution in [-0.2, 0) is 13.0 Å². The number of rotatable bonds is 2. The molecule has 5 nitrogen and oxygen atoms in total. The fourth-order valence-electron chi connectivity index (χ4n) is 2.65. The van der Waals surface area contributed by atoms with Crippen LogP contribution in [0.2, 0.25) is 0 Å². The number of amides is 1. The summed E-state index contributed by atoms with van der Waals surface area (Å²) in [6, 6.07) is 0. The van der Waals surface area contributed by atoms with Gasteiger partial charge in [-0.2, -0.15) is 5.10 Å². The van der Waals surface area contributed by atoms with Crippen LogP contribution in [0.5, 0.6) is 0 Å². The summed E-state index contributed by atoms with van der Waals surface area (Å²) in [4.78, 5) is 14.0. The van der Waals surface area contributed by atoms with E-state index in [-0.39, 0.29) is 11.7 Å². The van der Waals surface area contributed by atoms with E-state index in [1.807, 2.05) is 0 Å². The van der Waals surface area contributed by atoms with Gasteiger partial charge in [-0.05, 0) is 17.7 Å². The Morgan fingerprint density at radius 2 is 2.27 bits per heavy atom. The zero-order valence-electron chi connectivity index (χ0n) is 12.1. The van der Waals surface area contributed by atoms with Crippen LogP contribution in [0.25, 0.3) is 0 Å². The van der Waals surface area contributed by atoms with E-state index in [0.29, 0.717) is 42.2 Å². The van der Waals surface area contributed by atoms with E-state index in [4.69, 9.17) is 17.3 Å². The predicted octanol–water partition coefficient (Wildman–Crippen LogP) is 2.05. The number of nitrogen functional groups attached to an aromatic ring is 1. The second kappa shape index (κ2) is 5.61. The molecule has 0 radical (unpaired) electrons.